The molecule has 0 saturated heterocycles. The Labute approximate surface area is 166 Å². The summed E-state index contributed by atoms with van der Waals surface area (Å²) in [5, 5.41) is 0.122. The number of hydrogen-bond donors (Lipinski definition) is 0. The van der Waals surface area contributed by atoms with Crippen molar-refractivity contribution in [1.82, 2.24) is 4.98 Å². The summed E-state index contributed by atoms with van der Waals surface area (Å²) in [5.41, 5.74) is 2.33. The fraction of sp³-hybridized carbons (Fsp3) is 0.375. The van der Waals surface area contributed by atoms with E-state index in [2.05, 4.69) is 35.9 Å². The largest absolute Gasteiger partial charge is 0.255 e. The second-order valence-electron chi connectivity index (χ2n) is 7.16. The Hall–Kier alpha value is -2.11. The lowest BCUT2D eigenvalue weighted by Gasteiger charge is -2.23. The first kappa shape index (κ1) is 19.6. The van der Waals surface area contributed by atoms with E-state index in [9.17, 15) is 4.39 Å². The van der Waals surface area contributed by atoms with E-state index >= 15 is 0 Å². The SMILES string of the molecule is CCCC=C[C@H]1CC[C@H](C#Cc2ccc(-c3ccc(Cl)c(F)c3)nc2)CC1. The average Bonchev–Trinajstić information content (AvgIpc) is 2.70. The molecule has 0 bridgehead atoms. The van der Waals surface area contributed by atoms with Crippen LogP contribution in [0.25, 0.3) is 11.3 Å². The molecule has 0 amide bonds. The molecular formula is C24H25ClFN. The predicted octanol–water partition coefficient (Wildman–Crippen LogP) is 7.06. The number of unbranched alkanes of at least 4 members (excludes halogenated alkanes) is 1. The Morgan fingerprint density at radius 2 is 2.00 bits per heavy atom. The topological polar surface area (TPSA) is 12.9 Å². The van der Waals surface area contributed by atoms with Crippen molar-refractivity contribution in [3.05, 3.63) is 65.1 Å². The van der Waals surface area contributed by atoms with E-state index in [-0.39, 0.29) is 5.02 Å². The summed E-state index contributed by atoms with van der Waals surface area (Å²) < 4.78 is 13.6. The lowest BCUT2D eigenvalue weighted by molar-refractivity contribution is 0.364. The number of aromatic nitrogens is 1. The van der Waals surface area contributed by atoms with Crippen molar-refractivity contribution in [3.8, 4) is 23.1 Å². The second-order valence-corrected chi connectivity index (χ2v) is 7.57. The van der Waals surface area contributed by atoms with Gasteiger partial charge in [0.1, 0.15) is 5.82 Å². The van der Waals surface area contributed by atoms with Crippen molar-refractivity contribution in [2.24, 2.45) is 11.8 Å². The van der Waals surface area contributed by atoms with Gasteiger partial charge in [-0.3, -0.25) is 4.98 Å². The van der Waals surface area contributed by atoms with E-state index in [1.807, 2.05) is 12.1 Å². The lowest BCUT2D eigenvalue weighted by atomic mass is 9.82. The maximum absolute atomic E-state index is 13.6. The van der Waals surface area contributed by atoms with Gasteiger partial charge in [0.25, 0.3) is 0 Å². The van der Waals surface area contributed by atoms with Crippen LogP contribution in [0.4, 0.5) is 4.39 Å². The standard InChI is InChI=1S/C24H25ClFN/c1-2-3-4-5-18-6-8-19(9-7-18)10-11-20-12-15-24(27-17-20)21-13-14-22(25)23(26)16-21/h4-5,12-19H,2-3,6-9H2,1H3/t18-,19-. The molecule has 1 saturated carbocycles. The van der Waals surface area contributed by atoms with Crippen LogP contribution < -0.4 is 0 Å². The summed E-state index contributed by atoms with van der Waals surface area (Å²) in [6, 6.07) is 8.55. The van der Waals surface area contributed by atoms with Gasteiger partial charge >= 0.3 is 0 Å². The Morgan fingerprint density at radius 3 is 2.67 bits per heavy atom. The molecule has 1 aliphatic carbocycles. The number of pyridine rings is 1. The summed E-state index contributed by atoms with van der Waals surface area (Å²) in [6.45, 7) is 2.21. The van der Waals surface area contributed by atoms with Crippen LogP contribution in [-0.2, 0) is 0 Å². The minimum absolute atomic E-state index is 0.122. The van der Waals surface area contributed by atoms with Gasteiger partial charge < -0.3 is 0 Å². The Kier molecular flexibility index (Phi) is 7.07. The Morgan fingerprint density at radius 1 is 1.19 bits per heavy atom. The minimum atomic E-state index is -0.431. The number of allylic oxidation sites excluding steroid dienone is 2. The molecule has 3 heteroatoms. The molecule has 1 nitrogen and oxygen atoms in total. The zero-order valence-corrected chi connectivity index (χ0v) is 16.5. The summed E-state index contributed by atoms with van der Waals surface area (Å²) in [6.07, 6.45) is 13.7. The van der Waals surface area contributed by atoms with Crippen molar-refractivity contribution in [1.29, 1.82) is 0 Å². The van der Waals surface area contributed by atoms with Crippen molar-refractivity contribution in [3.63, 3.8) is 0 Å². The molecule has 0 aliphatic heterocycles. The van der Waals surface area contributed by atoms with Crippen LogP contribution in [0.15, 0.2) is 48.7 Å². The van der Waals surface area contributed by atoms with Crippen molar-refractivity contribution in [2.75, 3.05) is 0 Å². The third-order valence-corrected chi connectivity index (χ3v) is 5.34. The quantitative estimate of drug-likeness (QED) is 0.408. The van der Waals surface area contributed by atoms with Crippen LogP contribution >= 0.6 is 11.6 Å². The lowest BCUT2D eigenvalue weighted by Crippen LogP contribution is -2.11. The molecule has 0 unspecified atom stereocenters. The first-order valence-corrected chi connectivity index (χ1v) is 10.1. The molecule has 3 rings (SSSR count). The zero-order chi connectivity index (χ0) is 19.1. The molecule has 1 fully saturated rings. The van der Waals surface area contributed by atoms with E-state index in [1.165, 1.54) is 44.6 Å². The first-order valence-electron chi connectivity index (χ1n) is 9.75. The molecule has 0 radical (unpaired) electrons. The fourth-order valence-corrected chi connectivity index (χ4v) is 3.51. The van der Waals surface area contributed by atoms with Crippen LogP contribution in [0.3, 0.4) is 0 Å². The van der Waals surface area contributed by atoms with Crippen LogP contribution in [0, 0.1) is 29.5 Å². The molecule has 140 valence electrons. The second kappa shape index (κ2) is 9.72. The summed E-state index contributed by atoms with van der Waals surface area (Å²) in [4.78, 5) is 4.42. The van der Waals surface area contributed by atoms with Gasteiger partial charge in [-0.1, -0.05) is 55.0 Å². The number of nitrogens with zero attached hydrogens (tertiary/aromatic N) is 1. The number of benzene rings is 1. The first-order chi connectivity index (χ1) is 13.2. The maximum atomic E-state index is 13.6. The molecule has 1 aliphatic rings. The van der Waals surface area contributed by atoms with E-state index in [0.29, 0.717) is 11.5 Å². The number of rotatable bonds is 4. The number of halogens is 2. The highest BCUT2D eigenvalue weighted by Gasteiger charge is 2.17. The molecule has 1 heterocycles. The summed E-state index contributed by atoms with van der Waals surface area (Å²) in [7, 11) is 0. The zero-order valence-electron chi connectivity index (χ0n) is 15.7. The molecule has 1 aromatic carbocycles. The molecule has 0 N–H and O–H groups in total. The van der Waals surface area contributed by atoms with Gasteiger partial charge in [-0.2, -0.15) is 0 Å². The van der Waals surface area contributed by atoms with Gasteiger partial charge in [0, 0.05) is 23.2 Å². The predicted molar refractivity (Wildman–Crippen MR) is 111 cm³/mol. The number of hydrogen-bond acceptors (Lipinski definition) is 1. The Bertz CT molecular complexity index is 837. The third kappa shape index (κ3) is 5.68. The minimum Gasteiger partial charge on any atom is -0.255 e. The summed E-state index contributed by atoms with van der Waals surface area (Å²) in [5.74, 6) is 7.44. The normalized spacial score (nSPS) is 19.7. The highest BCUT2D eigenvalue weighted by molar-refractivity contribution is 6.30. The van der Waals surface area contributed by atoms with Gasteiger partial charge in [0.2, 0.25) is 0 Å². The van der Waals surface area contributed by atoms with Crippen LogP contribution in [-0.4, -0.2) is 4.98 Å². The smallest absolute Gasteiger partial charge is 0.142 e. The van der Waals surface area contributed by atoms with Gasteiger partial charge in [-0.05, 0) is 62.3 Å². The highest BCUT2D eigenvalue weighted by Crippen LogP contribution is 2.29. The van der Waals surface area contributed by atoms with E-state index < -0.39 is 5.82 Å². The van der Waals surface area contributed by atoms with Gasteiger partial charge in [0.05, 0.1) is 10.7 Å². The maximum Gasteiger partial charge on any atom is 0.142 e. The Balaban J connectivity index is 1.57. The third-order valence-electron chi connectivity index (χ3n) is 5.03. The van der Waals surface area contributed by atoms with Gasteiger partial charge in [-0.25, -0.2) is 4.39 Å². The van der Waals surface area contributed by atoms with Crippen LogP contribution in [0.2, 0.25) is 5.02 Å². The molecule has 0 spiro atoms. The van der Waals surface area contributed by atoms with Crippen molar-refractivity contribution in [2.45, 2.75) is 45.4 Å². The summed E-state index contributed by atoms with van der Waals surface area (Å²) >= 11 is 5.73. The highest BCUT2D eigenvalue weighted by atomic mass is 35.5. The molecular weight excluding hydrogens is 357 g/mol. The van der Waals surface area contributed by atoms with E-state index in [4.69, 9.17) is 11.6 Å². The molecule has 2 aromatic rings. The van der Waals surface area contributed by atoms with Crippen molar-refractivity contribution >= 4 is 11.6 Å². The monoisotopic (exact) mass is 381 g/mol. The fourth-order valence-electron chi connectivity index (χ4n) is 3.39. The van der Waals surface area contributed by atoms with E-state index in [0.717, 1.165) is 17.2 Å². The van der Waals surface area contributed by atoms with Crippen LogP contribution in [0.5, 0.6) is 0 Å². The average molecular weight is 382 g/mol. The van der Waals surface area contributed by atoms with Crippen molar-refractivity contribution < 1.29 is 4.39 Å². The van der Waals surface area contributed by atoms with Gasteiger partial charge in [-0.15, -0.1) is 0 Å². The van der Waals surface area contributed by atoms with Crippen LogP contribution in [0.1, 0.15) is 51.0 Å². The molecule has 0 atom stereocenters. The van der Waals surface area contributed by atoms with E-state index in [1.54, 1.807) is 18.3 Å². The molecule has 1 aromatic heterocycles. The molecule has 27 heavy (non-hydrogen) atoms. The van der Waals surface area contributed by atoms with Gasteiger partial charge in [0.15, 0.2) is 0 Å².